The van der Waals surface area contributed by atoms with Crippen molar-refractivity contribution in [2.24, 2.45) is 0 Å². The Labute approximate surface area is 186 Å². The number of pyridine rings is 1. The highest BCUT2D eigenvalue weighted by Gasteiger charge is 2.41. The van der Waals surface area contributed by atoms with Gasteiger partial charge >= 0.3 is 0 Å². The first kappa shape index (κ1) is 19.4. The minimum absolute atomic E-state index is 0.0652. The number of furan rings is 1. The molecule has 1 fully saturated rings. The summed E-state index contributed by atoms with van der Waals surface area (Å²) in [5.41, 5.74) is 3.11. The van der Waals surface area contributed by atoms with Gasteiger partial charge in [-0.3, -0.25) is 4.98 Å². The average molecular weight is 431 g/mol. The Morgan fingerprint density at radius 3 is 2.65 bits per heavy atom. The van der Waals surface area contributed by atoms with Crippen LogP contribution in [0.5, 0.6) is 5.75 Å². The SMILES string of the molecule is COc1ccc(-n2cccc2[C@@H]2[C@@H](c3ccccn3)NC(=S)N2Cc2ccco2)cc1. The summed E-state index contributed by atoms with van der Waals surface area (Å²) in [6.45, 7) is 0.570. The van der Waals surface area contributed by atoms with Crippen LogP contribution < -0.4 is 10.1 Å². The van der Waals surface area contributed by atoms with Crippen LogP contribution in [0, 0.1) is 0 Å². The van der Waals surface area contributed by atoms with E-state index in [2.05, 4.69) is 50.2 Å². The van der Waals surface area contributed by atoms with Crippen molar-refractivity contribution < 1.29 is 9.15 Å². The monoisotopic (exact) mass is 430 g/mol. The smallest absolute Gasteiger partial charge is 0.170 e. The number of hydrogen-bond donors (Lipinski definition) is 1. The van der Waals surface area contributed by atoms with Crippen LogP contribution in [0.2, 0.25) is 0 Å². The normalized spacial score (nSPS) is 18.2. The Morgan fingerprint density at radius 1 is 1.06 bits per heavy atom. The van der Waals surface area contributed by atoms with Gasteiger partial charge in [-0.25, -0.2) is 0 Å². The van der Waals surface area contributed by atoms with Gasteiger partial charge in [-0.15, -0.1) is 0 Å². The van der Waals surface area contributed by atoms with Gasteiger partial charge in [0, 0.05) is 23.8 Å². The molecule has 0 aliphatic carbocycles. The van der Waals surface area contributed by atoms with E-state index in [1.807, 2.05) is 48.7 Å². The number of benzene rings is 1. The van der Waals surface area contributed by atoms with Crippen LogP contribution in [-0.4, -0.2) is 26.7 Å². The Morgan fingerprint density at radius 2 is 1.94 bits per heavy atom. The van der Waals surface area contributed by atoms with Crippen molar-refractivity contribution in [2.75, 3.05) is 7.11 Å². The Kier molecular flexibility index (Phi) is 5.18. The second-order valence-corrected chi connectivity index (χ2v) is 7.72. The predicted molar refractivity (Wildman–Crippen MR) is 122 cm³/mol. The van der Waals surface area contributed by atoms with Gasteiger partial charge in [-0.2, -0.15) is 0 Å². The number of hydrogen-bond acceptors (Lipinski definition) is 4. The average Bonchev–Trinajstić information content (AvgIpc) is 3.56. The summed E-state index contributed by atoms with van der Waals surface area (Å²) in [6.07, 6.45) is 5.57. The molecule has 4 heterocycles. The minimum Gasteiger partial charge on any atom is -0.497 e. The number of rotatable bonds is 6. The van der Waals surface area contributed by atoms with E-state index in [-0.39, 0.29) is 12.1 Å². The molecule has 31 heavy (non-hydrogen) atoms. The number of thiocarbonyl (C=S) groups is 1. The lowest BCUT2D eigenvalue weighted by atomic mass is 10.0. The quantitative estimate of drug-likeness (QED) is 0.450. The fourth-order valence-electron chi connectivity index (χ4n) is 4.08. The lowest BCUT2D eigenvalue weighted by Gasteiger charge is -2.28. The highest BCUT2D eigenvalue weighted by atomic mass is 32.1. The maximum atomic E-state index is 5.75. The van der Waals surface area contributed by atoms with Crippen molar-refractivity contribution >= 4 is 17.3 Å². The molecule has 1 aromatic carbocycles. The summed E-state index contributed by atoms with van der Waals surface area (Å²) in [4.78, 5) is 6.78. The molecule has 0 amide bonds. The summed E-state index contributed by atoms with van der Waals surface area (Å²) in [5, 5.41) is 4.17. The van der Waals surface area contributed by atoms with Crippen molar-refractivity contribution in [3.05, 3.63) is 103 Å². The van der Waals surface area contributed by atoms with Crippen LogP contribution in [0.1, 0.15) is 29.2 Å². The van der Waals surface area contributed by atoms with Gasteiger partial charge in [-0.05, 0) is 72.9 Å². The van der Waals surface area contributed by atoms with Gasteiger partial charge in [0.2, 0.25) is 0 Å². The van der Waals surface area contributed by atoms with Gasteiger partial charge in [0.1, 0.15) is 11.5 Å². The van der Waals surface area contributed by atoms with E-state index >= 15 is 0 Å². The standard InChI is InChI=1S/C24H22N4O2S/c1-29-18-11-9-17(10-12-18)27-14-4-8-21(27)23-22(20-7-2-3-13-25-20)26-24(31)28(23)16-19-6-5-15-30-19/h2-15,22-23H,16H2,1H3,(H,26,31)/t22-,23-/m1/s1. The third-order valence-corrected chi connectivity index (χ3v) is 5.89. The molecule has 156 valence electrons. The lowest BCUT2D eigenvalue weighted by molar-refractivity contribution is 0.280. The molecule has 0 saturated carbocycles. The molecule has 4 aromatic rings. The minimum atomic E-state index is -0.0874. The zero-order valence-corrected chi connectivity index (χ0v) is 17.8. The number of nitrogens with one attached hydrogen (secondary N) is 1. The van der Waals surface area contributed by atoms with Crippen molar-refractivity contribution in [3.63, 3.8) is 0 Å². The first-order valence-corrected chi connectivity index (χ1v) is 10.5. The molecule has 0 bridgehead atoms. The van der Waals surface area contributed by atoms with Crippen molar-refractivity contribution in [3.8, 4) is 11.4 Å². The fraction of sp³-hybridized carbons (Fsp3) is 0.167. The zero-order chi connectivity index (χ0) is 21.2. The van der Waals surface area contributed by atoms with Gasteiger partial charge in [-0.1, -0.05) is 6.07 Å². The second kappa shape index (κ2) is 8.28. The molecule has 1 saturated heterocycles. The summed E-state index contributed by atoms with van der Waals surface area (Å²) >= 11 is 5.75. The number of methoxy groups -OCH3 is 1. The molecule has 6 nitrogen and oxygen atoms in total. The molecular formula is C24H22N4O2S. The summed E-state index contributed by atoms with van der Waals surface area (Å²) in [7, 11) is 1.67. The molecule has 7 heteroatoms. The topological polar surface area (TPSA) is 55.5 Å². The maximum absolute atomic E-state index is 5.75. The van der Waals surface area contributed by atoms with Crippen LogP contribution in [-0.2, 0) is 6.54 Å². The third-order valence-electron chi connectivity index (χ3n) is 5.54. The van der Waals surface area contributed by atoms with Crippen molar-refractivity contribution in [2.45, 2.75) is 18.6 Å². The lowest BCUT2D eigenvalue weighted by Crippen LogP contribution is -2.29. The molecular weight excluding hydrogens is 408 g/mol. The molecule has 3 aromatic heterocycles. The van der Waals surface area contributed by atoms with E-state index in [0.29, 0.717) is 11.7 Å². The Hall–Kier alpha value is -3.58. The molecule has 1 N–H and O–H groups in total. The Balaban J connectivity index is 1.58. The first-order chi connectivity index (χ1) is 15.2. The fourth-order valence-corrected chi connectivity index (χ4v) is 4.39. The number of nitrogens with zero attached hydrogens (tertiary/aromatic N) is 3. The molecule has 5 rings (SSSR count). The van der Waals surface area contributed by atoms with E-state index < -0.39 is 0 Å². The van der Waals surface area contributed by atoms with Crippen molar-refractivity contribution in [1.82, 2.24) is 19.8 Å². The molecule has 0 spiro atoms. The summed E-state index contributed by atoms with van der Waals surface area (Å²) in [6, 6.07) is 21.9. The van der Waals surface area contributed by atoms with Gasteiger partial charge in [0.15, 0.2) is 5.11 Å². The number of ether oxygens (including phenoxy) is 1. The zero-order valence-electron chi connectivity index (χ0n) is 17.0. The maximum Gasteiger partial charge on any atom is 0.170 e. The third kappa shape index (κ3) is 3.68. The summed E-state index contributed by atoms with van der Waals surface area (Å²) in [5.74, 6) is 1.69. The molecule has 1 aliphatic heterocycles. The summed E-state index contributed by atoms with van der Waals surface area (Å²) < 4.78 is 13.1. The van der Waals surface area contributed by atoms with Crippen LogP contribution in [0.4, 0.5) is 0 Å². The van der Waals surface area contributed by atoms with E-state index in [1.54, 1.807) is 13.4 Å². The van der Waals surface area contributed by atoms with E-state index in [1.165, 1.54) is 0 Å². The highest BCUT2D eigenvalue weighted by Crippen LogP contribution is 2.40. The van der Waals surface area contributed by atoms with Gasteiger partial charge in [0.05, 0.1) is 37.7 Å². The molecule has 0 radical (unpaired) electrons. The molecule has 2 atom stereocenters. The Bertz CT molecular complexity index is 1160. The van der Waals surface area contributed by atoms with Crippen LogP contribution >= 0.6 is 12.2 Å². The van der Waals surface area contributed by atoms with Crippen molar-refractivity contribution in [1.29, 1.82) is 0 Å². The first-order valence-electron chi connectivity index (χ1n) is 10.1. The van der Waals surface area contributed by atoms with E-state index in [4.69, 9.17) is 21.4 Å². The molecule has 1 aliphatic rings. The van der Waals surface area contributed by atoms with Crippen LogP contribution in [0.25, 0.3) is 5.69 Å². The highest BCUT2D eigenvalue weighted by molar-refractivity contribution is 7.80. The number of aromatic nitrogens is 2. The predicted octanol–water partition coefficient (Wildman–Crippen LogP) is 4.65. The van der Waals surface area contributed by atoms with Crippen LogP contribution in [0.3, 0.4) is 0 Å². The van der Waals surface area contributed by atoms with E-state index in [9.17, 15) is 0 Å². The largest absolute Gasteiger partial charge is 0.497 e. The second-order valence-electron chi connectivity index (χ2n) is 7.33. The van der Waals surface area contributed by atoms with E-state index in [0.717, 1.165) is 28.6 Å². The molecule has 0 unspecified atom stereocenters. The van der Waals surface area contributed by atoms with Gasteiger partial charge < -0.3 is 23.9 Å². The van der Waals surface area contributed by atoms with Gasteiger partial charge in [0.25, 0.3) is 0 Å². The van der Waals surface area contributed by atoms with Crippen LogP contribution in [0.15, 0.2) is 89.8 Å².